The summed E-state index contributed by atoms with van der Waals surface area (Å²) in [7, 11) is -4.25. The number of rotatable bonds is 9. The summed E-state index contributed by atoms with van der Waals surface area (Å²) in [5, 5.41) is 3.06. The Labute approximate surface area is 200 Å². The average molecular weight is 515 g/mol. The average Bonchev–Trinajstić information content (AvgIpc) is 3.28. The van der Waals surface area contributed by atoms with Crippen LogP contribution in [0.2, 0.25) is 10.0 Å². The first-order valence-electron chi connectivity index (χ1n) is 9.81. The van der Waals surface area contributed by atoms with Crippen molar-refractivity contribution in [3.8, 4) is 0 Å². The van der Waals surface area contributed by atoms with E-state index in [1.54, 1.807) is 6.20 Å². The van der Waals surface area contributed by atoms with Crippen LogP contribution in [-0.4, -0.2) is 43.7 Å². The van der Waals surface area contributed by atoms with Crippen LogP contribution in [0.3, 0.4) is 0 Å². The maximum atomic E-state index is 14.7. The van der Waals surface area contributed by atoms with E-state index in [0.717, 1.165) is 16.1 Å². The van der Waals surface area contributed by atoms with Gasteiger partial charge in [-0.1, -0.05) is 23.2 Å². The number of ether oxygens (including phenoxy) is 1. The summed E-state index contributed by atoms with van der Waals surface area (Å²) in [5.41, 5.74) is 0.563. The Kier molecular flexibility index (Phi) is 8.17. The number of nitrogens with zero attached hydrogens (tertiary/aromatic N) is 2. The van der Waals surface area contributed by atoms with Gasteiger partial charge in [0.1, 0.15) is 12.4 Å². The van der Waals surface area contributed by atoms with E-state index >= 15 is 0 Å². The van der Waals surface area contributed by atoms with Crippen LogP contribution < -0.4 is 9.62 Å². The van der Waals surface area contributed by atoms with Crippen molar-refractivity contribution in [1.29, 1.82) is 0 Å². The molecule has 0 aliphatic carbocycles. The molecule has 176 valence electrons. The highest BCUT2D eigenvalue weighted by Crippen LogP contribution is 2.31. The lowest BCUT2D eigenvalue weighted by atomic mass is 10.2. The molecule has 2 aromatic carbocycles. The van der Waals surface area contributed by atoms with E-state index in [1.807, 2.05) is 0 Å². The highest BCUT2D eigenvalue weighted by Gasteiger charge is 2.32. The van der Waals surface area contributed by atoms with Crippen LogP contribution in [0.5, 0.6) is 0 Å². The van der Waals surface area contributed by atoms with Crippen molar-refractivity contribution in [3.63, 3.8) is 0 Å². The van der Waals surface area contributed by atoms with Crippen LogP contribution in [0.25, 0.3) is 0 Å². The summed E-state index contributed by atoms with van der Waals surface area (Å²) in [4.78, 5) is 18.8. The Hall–Kier alpha value is -2.82. The van der Waals surface area contributed by atoms with Crippen molar-refractivity contribution in [2.45, 2.75) is 24.3 Å². The Morgan fingerprint density at radius 2 is 1.91 bits per heavy atom. The standard InChI is InChI=1S/C21H21Cl2FN4O4S/c1-14(12-32-21(29)26-9-8-17-11-25-13-27-17)28(20-10-16(23)4-7-19(20)24)33(30,31)18-5-2-15(22)3-6-18/h2-7,10-11,13-14H,8-9,12H2,1H3,(H,25,27)(H,26,29). The van der Waals surface area contributed by atoms with E-state index in [2.05, 4.69) is 15.3 Å². The Bertz CT molecular complexity index is 1190. The van der Waals surface area contributed by atoms with Gasteiger partial charge in [0.2, 0.25) is 0 Å². The van der Waals surface area contributed by atoms with Gasteiger partial charge in [-0.15, -0.1) is 0 Å². The normalized spacial score (nSPS) is 12.2. The number of imidazole rings is 1. The summed E-state index contributed by atoms with van der Waals surface area (Å²) >= 11 is 11.9. The molecule has 1 amide bonds. The summed E-state index contributed by atoms with van der Waals surface area (Å²) in [6.45, 7) is 1.44. The molecule has 8 nitrogen and oxygen atoms in total. The first-order valence-corrected chi connectivity index (χ1v) is 12.0. The van der Waals surface area contributed by atoms with E-state index in [9.17, 15) is 17.6 Å². The summed E-state index contributed by atoms with van der Waals surface area (Å²) in [6.07, 6.45) is 2.93. The highest BCUT2D eigenvalue weighted by atomic mass is 35.5. The lowest BCUT2D eigenvalue weighted by Crippen LogP contribution is -2.43. The minimum atomic E-state index is -4.25. The van der Waals surface area contributed by atoms with E-state index in [0.29, 0.717) is 11.4 Å². The molecule has 3 aromatic rings. The number of hydrogen-bond donors (Lipinski definition) is 2. The Balaban J connectivity index is 1.78. The molecule has 1 atom stereocenters. The van der Waals surface area contributed by atoms with Crippen molar-refractivity contribution < 1.29 is 22.3 Å². The second-order valence-corrected chi connectivity index (χ2v) is 9.74. The van der Waals surface area contributed by atoms with Crippen molar-refractivity contribution in [1.82, 2.24) is 15.3 Å². The largest absolute Gasteiger partial charge is 0.447 e. The second kappa shape index (κ2) is 10.9. The number of alkyl carbamates (subject to hydrolysis) is 1. The van der Waals surface area contributed by atoms with E-state index in [4.69, 9.17) is 27.9 Å². The molecule has 0 fully saturated rings. The van der Waals surface area contributed by atoms with Crippen LogP contribution in [0.4, 0.5) is 14.9 Å². The second-order valence-electron chi connectivity index (χ2n) is 7.05. The predicted molar refractivity (Wildman–Crippen MR) is 124 cm³/mol. The van der Waals surface area contributed by atoms with E-state index in [-0.39, 0.29) is 28.8 Å². The third kappa shape index (κ3) is 6.37. The van der Waals surface area contributed by atoms with Gasteiger partial charge in [-0.25, -0.2) is 22.6 Å². The molecule has 0 saturated heterocycles. The zero-order valence-corrected chi connectivity index (χ0v) is 19.8. The molecule has 0 saturated carbocycles. The molecule has 1 heterocycles. The monoisotopic (exact) mass is 514 g/mol. The number of hydrogen-bond acceptors (Lipinski definition) is 5. The first-order chi connectivity index (χ1) is 15.7. The molecule has 0 radical (unpaired) electrons. The zero-order chi connectivity index (χ0) is 24.0. The molecule has 3 rings (SSSR count). The molecule has 33 heavy (non-hydrogen) atoms. The number of halogens is 3. The predicted octanol–water partition coefficient (Wildman–Crippen LogP) is 4.41. The molecule has 2 N–H and O–H groups in total. The number of carbonyl (C=O) groups excluding carboxylic acids is 1. The fraction of sp³-hybridized carbons (Fsp3) is 0.238. The number of sulfonamides is 1. The van der Waals surface area contributed by atoms with Gasteiger partial charge in [0.15, 0.2) is 0 Å². The van der Waals surface area contributed by atoms with Gasteiger partial charge in [-0.3, -0.25) is 4.31 Å². The number of carbonyl (C=O) groups is 1. The zero-order valence-electron chi connectivity index (χ0n) is 17.5. The maximum Gasteiger partial charge on any atom is 0.407 e. The van der Waals surface area contributed by atoms with E-state index < -0.39 is 28.0 Å². The smallest absolute Gasteiger partial charge is 0.407 e. The SMILES string of the molecule is CC(COC(=O)NCCc1cnc[nH]1)N(c1cc(Cl)ccc1F)S(=O)(=O)c1ccc(Cl)cc1. The van der Waals surface area contributed by atoms with E-state index in [1.165, 1.54) is 49.6 Å². The van der Waals surface area contributed by atoms with Crippen LogP contribution in [0, 0.1) is 5.82 Å². The number of benzene rings is 2. The van der Waals surface area contributed by atoms with Crippen molar-refractivity contribution in [3.05, 3.63) is 76.5 Å². The Morgan fingerprint density at radius 3 is 2.58 bits per heavy atom. The number of amides is 1. The fourth-order valence-electron chi connectivity index (χ4n) is 3.01. The minimum Gasteiger partial charge on any atom is -0.447 e. The summed E-state index contributed by atoms with van der Waals surface area (Å²) in [5.74, 6) is -0.798. The molecule has 0 aliphatic heterocycles. The summed E-state index contributed by atoms with van der Waals surface area (Å²) < 4.78 is 47.5. The Morgan fingerprint density at radius 1 is 1.21 bits per heavy atom. The topological polar surface area (TPSA) is 104 Å². The molecule has 1 aromatic heterocycles. The number of anilines is 1. The summed E-state index contributed by atoms with van der Waals surface area (Å²) in [6, 6.07) is 8.05. The van der Waals surface area contributed by atoms with Crippen molar-refractivity contribution >= 4 is 45.0 Å². The lowest BCUT2D eigenvalue weighted by Gasteiger charge is -2.30. The van der Waals surface area contributed by atoms with Gasteiger partial charge >= 0.3 is 6.09 Å². The molecule has 0 aliphatic rings. The van der Waals surface area contributed by atoms with Crippen molar-refractivity contribution in [2.75, 3.05) is 17.5 Å². The van der Waals surface area contributed by atoms with Gasteiger partial charge in [-0.05, 0) is 49.4 Å². The van der Waals surface area contributed by atoms with Crippen LogP contribution >= 0.6 is 23.2 Å². The third-order valence-corrected chi connectivity index (χ3v) is 7.02. The molecule has 0 bridgehead atoms. The van der Waals surface area contributed by atoms with Crippen molar-refractivity contribution in [2.24, 2.45) is 0 Å². The van der Waals surface area contributed by atoms with Gasteiger partial charge in [-0.2, -0.15) is 0 Å². The van der Waals surface area contributed by atoms with Crippen LogP contribution in [-0.2, 0) is 21.2 Å². The van der Waals surface area contributed by atoms with Gasteiger partial charge in [0.25, 0.3) is 10.0 Å². The number of aromatic amines is 1. The van der Waals surface area contributed by atoms with Crippen LogP contribution in [0.1, 0.15) is 12.6 Å². The maximum absolute atomic E-state index is 14.7. The molecule has 12 heteroatoms. The number of H-pyrrole nitrogens is 1. The van der Waals surface area contributed by atoms with Gasteiger partial charge in [0.05, 0.1) is 23.0 Å². The first kappa shape index (κ1) is 24.8. The molecular weight excluding hydrogens is 494 g/mol. The highest BCUT2D eigenvalue weighted by molar-refractivity contribution is 7.92. The minimum absolute atomic E-state index is 0.109. The quantitative estimate of drug-likeness (QED) is 0.440. The molecular formula is C21H21Cl2FN4O4S. The van der Waals surface area contributed by atoms with Gasteiger partial charge < -0.3 is 15.0 Å². The van der Waals surface area contributed by atoms with Crippen LogP contribution in [0.15, 0.2) is 59.9 Å². The number of nitrogens with one attached hydrogen (secondary N) is 2. The molecule has 0 spiro atoms. The number of aromatic nitrogens is 2. The third-order valence-electron chi connectivity index (χ3n) is 4.59. The molecule has 1 unspecified atom stereocenters. The van der Waals surface area contributed by atoms with Gasteiger partial charge in [0, 0.05) is 34.9 Å². The fourth-order valence-corrected chi connectivity index (χ4v) is 4.95. The lowest BCUT2D eigenvalue weighted by molar-refractivity contribution is 0.141.